The molecule has 1 N–H and O–H groups in total. The van der Waals surface area contributed by atoms with Crippen LogP contribution in [-0.4, -0.2) is 60.7 Å². The van der Waals surface area contributed by atoms with E-state index in [0.717, 1.165) is 45.6 Å². The standard InChI is InChI=1S/C14H26N2O2S/c1-2-16(10-12-4-3-9-18-12)14(17)11-19-13-5-7-15-8-6-13/h12-13,15H,2-11H2,1H3. The molecule has 0 aromatic heterocycles. The summed E-state index contributed by atoms with van der Waals surface area (Å²) in [4.78, 5) is 14.2. The van der Waals surface area contributed by atoms with Gasteiger partial charge < -0.3 is 15.0 Å². The molecule has 0 bridgehead atoms. The Morgan fingerprint density at radius 1 is 1.37 bits per heavy atom. The van der Waals surface area contributed by atoms with Crippen LogP contribution in [0.5, 0.6) is 0 Å². The average molecular weight is 286 g/mol. The van der Waals surface area contributed by atoms with Crippen molar-refractivity contribution in [2.75, 3.05) is 38.5 Å². The van der Waals surface area contributed by atoms with E-state index >= 15 is 0 Å². The van der Waals surface area contributed by atoms with E-state index < -0.39 is 0 Å². The maximum Gasteiger partial charge on any atom is 0.232 e. The SMILES string of the molecule is CCN(CC1CCCO1)C(=O)CSC1CCNCC1. The highest BCUT2D eigenvalue weighted by Crippen LogP contribution is 2.21. The van der Waals surface area contributed by atoms with Crippen molar-refractivity contribution in [3.63, 3.8) is 0 Å². The summed E-state index contributed by atoms with van der Waals surface area (Å²) in [5.41, 5.74) is 0. The number of amides is 1. The molecule has 0 saturated carbocycles. The number of hydrogen-bond acceptors (Lipinski definition) is 4. The molecule has 0 aromatic carbocycles. The van der Waals surface area contributed by atoms with Crippen LogP contribution < -0.4 is 5.32 Å². The van der Waals surface area contributed by atoms with Crippen LogP contribution in [0.4, 0.5) is 0 Å². The van der Waals surface area contributed by atoms with E-state index in [9.17, 15) is 4.79 Å². The molecular formula is C14H26N2O2S. The van der Waals surface area contributed by atoms with Gasteiger partial charge in [-0.25, -0.2) is 0 Å². The summed E-state index contributed by atoms with van der Waals surface area (Å²) in [6.45, 7) is 6.69. The molecule has 0 radical (unpaired) electrons. The molecular weight excluding hydrogens is 260 g/mol. The Morgan fingerprint density at radius 2 is 2.16 bits per heavy atom. The minimum Gasteiger partial charge on any atom is -0.376 e. The lowest BCUT2D eigenvalue weighted by molar-refractivity contribution is -0.129. The Bertz CT molecular complexity index is 277. The van der Waals surface area contributed by atoms with E-state index in [2.05, 4.69) is 12.2 Å². The largest absolute Gasteiger partial charge is 0.376 e. The molecule has 2 aliphatic rings. The minimum absolute atomic E-state index is 0.271. The molecule has 0 aromatic rings. The predicted molar refractivity (Wildman–Crippen MR) is 79.6 cm³/mol. The molecule has 2 saturated heterocycles. The van der Waals surface area contributed by atoms with Crippen molar-refractivity contribution in [3.8, 4) is 0 Å². The van der Waals surface area contributed by atoms with Gasteiger partial charge in [0.2, 0.25) is 5.91 Å². The normalized spacial score (nSPS) is 24.6. The topological polar surface area (TPSA) is 41.6 Å². The van der Waals surface area contributed by atoms with Gasteiger partial charge in [0.05, 0.1) is 11.9 Å². The number of nitrogens with one attached hydrogen (secondary N) is 1. The number of carbonyl (C=O) groups is 1. The highest BCUT2D eigenvalue weighted by molar-refractivity contribution is 8.00. The van der Waals surface area contributed by atoms with E-state index in [1.165, 1.54) is 12.8 Å². The van der Waals surface area contributed by atoms with Gasteiger partial charge in [0.25, 0.3) is 0 Å². The van der Waals surface area contributed by atoms with Gasteiger partial charge in [-0.3, -0.25) is 4.79 Å². The smallest absolute Gasteiger partial charge is 0.232 e. The second-order valence-electron chi connectivity index (χ2n) is 5.33. The van der Waals surface area contributed by atoms with E-state index in [1.807, 2.05) is 16.7 Å². The first-order valence-corrected chi connectivity index (χ1v) is 8.56. The summed E-state index contributed by atoms with van der Waals surface area (Å²) < 4.78 is 5.62. The molecule has 2 fully saturated rings. The molecule has 110 valence electrons. The third kappa shape index (κ3) is 4.97. The zero-order chi connectivity index (χ0) is 13.5. The van der Waals surface area contributed by atoms with Crippen LogP contribution in [0.3, 0.4) is 0 Å². The maximum atomic E-state index is 12.2. The highest BCUT2D eigenvalue weighted by Gasteiger charge is 2.22. The van der Waals surface area contributed by atoms with Gasteiger partial charge in [0.15, 0.2) is 0 Å². The first-order chi connectivity index (χ1) is 9.29. The minimum atomic E-state index is 0.271. The third-order valence-corrected chi connectivity index (χ3v) is 5.27. The van der Waals surface area contributed by atoms with Crippen LogP contribution in [-0.2, 0) is 9.53 Å². The van der Waals surface area contributed by atoms with Gasteiger partial charge in [-0.2, -0.15) is 0 Å². The van der Waals surface area contributed by atoms with Crippen molar-refractivity contribution in [2.45, 2.75) is 44.0 Å². The number of hydrogen-bond donors (Lipinski definition) is 1. The monoisotopic (exact) mass is 286 g/mol. The zero-order valence-electron chi connectivity index (χ0n) is 11.9. The molecule has 2 heterocycles. The molecule has 5 heteroatoms. The fourth-order valence-electron chi connectivity index (χ4n) is 2.68. The number of thioether (sulfide) groups is 1. The average Bonchev–Trinajstić information content (AvgIpc) is 2.96. The molecule has 4 nitrogen and oxygen atoms in total. The number of piperidine rings is 1. The Morgan fingerprint density at radius 3 is 2.79 bits per heavy atom. The maximum absolute atomic E-state index is 12.2. The van der Waals surface area contributed by atoms with Crippen LogP contribution in [0.1, 0.15) is 32.6 Å². The molecule has 19 heavy (non-hydrogen) atoms. The van der Waals surface area contributed by atoms with Crippen molar-refractivity contribution in [2.24, 2.45) is 0 Å². The fraction of sp³-hybridized carbons (Fsp3) is 0.929. The van der Waals surface area contributed by atoms with Crippen LogP contribution in [0.25, 0.3) is 0 Å². The van der Waals surface area contributed by atoms with E-state index in [1.54, 1.807) is 0 Å². The molecule has 2 rings (SSSR count). The van der Waals surface area contributed by atoms with Crippen molar-refractivity contribution >= 4 is 17.7 Å². The second kappa shape index (κ2) is 8.12. The summed E-state index contributed by atoms with van der Waals surface area (Å²) >= 11 is 1.84. The number of carbonyl (C=O) groups excluding carboxylic acids is 1. The Labute approximate surface area is 120 Å². The first-order valence-electron chi connectivity index (χ1n) is 7.51. The van der Waals surface area contributed by atoms with Crippen molar-refractivity contribution < 1.29 is 9.53 Å². The lowest BCUT2D eigenvalue weighted by atomic mass is 10.2. The molecule has 0 spiro atoms. The van der Waals surface area contributed by atoms with Crippen molar-refractivity contribution in [3.05, 3.63) is 0 Å². The lowest BCUT2D eigenvalue weighted by Gasteiger charge is -2.26. The zero-order valence-corrected chi connectivity index (χ0v) is 12.7. The van der Waals surface area contributed by atoms with Crippen LogP contribution >= 0.6 is 11.8 Å². The summed E-state index contributed by atoms with van der Waals surface area (Å²) in [5.74, 6) is 0.909. The number of rotatable bonds is 6. The highest BCUT2D eigenvalue weighted by atomic mass is 32.2. The van der Waals surface area contributed by atoms with Gasteiger partial charge in [-0.15, -0.1) is 11.8 Å². The molecule has 1 unspecified atom stereocenters. The fourth-order valence-corrected chi connectivity index (χ4v) is 3.81. The summed E-state index contributed by atoms with van der Waals surface area (Å²) in [6, 6.07) is 0. The van der Waals surface area contributed by atoms with Gasteiger partial charge in [0.1, 0.15) is 0 Å². The summed E-state index contributed by atoms with van der Waals surface area (Å²) in [5, 5.41) is 4.02. The quantitative estimate of drug-likeness (QED) is 0.803. The third-order valence-electron chi connectivity index (χ3n) is 3.91. The Balaban J connectivity index is 1.69. The van der Waals surface area contributed by atoms with Gasteiger partial charge >= 0.3 is 0 Å². The van der Waals surface area contributed by atoms with E-state index in [4.69, 9.17) is 4.74 Å². The molecule has 1 amide bonds. The number of nitrogens with zero attached hydrogens (tertiary/aromatic N) is 1. The summed E-state index contributed by atoms with van der Waals surface area (Å²) in [6.07, 6.45) is 4.89. The van der Waals surface area contributed by atoms with E-state index in [0.29, 0.717) is 11.0 Å². The lowest BCUT2D eigenvalue weighted by Crippen LogP contribution is -2.39. The van der Waals surface area contributed by atoms with Gasteiger partial charge in [-0.1, -0.05) is 0 Å². The number of likely N-dealkylation sites (N-methyl/N-ethyl adjacent to an activating group) is 1. The van der Waals surface area contributed by atoms with Crippen LogP contribution in [0, 0.1) is 0 Å². The second-order valence-corrected chi connectivity index (χ2v) is 6.62. The van der Waals surface area contributed by atoms with E-state index in [-0.39, 0.29) is 12.0 Å². The van der Waals surface area contributed by atoms with Crippen LogP contribution in [0.15, 0.2) is 0 Å². The Hall–Kier alpha value is -0.260. The first kappa shape index (κ1) is 15.1. The molecule has 0 aliphatic carbocycles. The van der Waals surface area contributed by atoms with Gasteiger partial charge in [0, 0.05) is 24.9 Å². The van der Waals surface area contributed by atoms with Crippen molar-refractivity contribution in [1.82, 2.24) is 10.2 Å². The van der Waals surface area contributed by atoms with Crippen molar-refractivity contribution in [1.29, 1.82) is 0 Å². The Kier molecular flexibility index (Phi) is 6.47. The number of ether oxygens (including phenoxy) is 1. The molecule has 2 aliphatic heterocycles. The molecule has 1 atom stereocenters. The van der Waals surface area contributed by atoms with Gasteiger partial charge in [-0.05, 0) is 45.7 Å². The van der Waals surface area contributed by atoms with Crippen LogP contribution in [0.2, 0.25) is 0 Å². The summed E-state index contributed by atoms with van der Waals surface area (Å²) in [7, 11) is 0. The predicted octanol–water partition coefficient (Wildman–Crippen LogP) is 1.50.